The minimum absolute atomic E-state index is 0.0530. The molecule has 0 saturated carbocycles. The van der Waals surface area contributed by atoms with Gasteiger partial charge in [-0.05, 0) is 45.0 Å². The summed E-state index contributed by atoms with van der Waals surface area (Å²) in [6, 6.07) is 8.80. The van der Waals surface area contributed by atoms with Crippen molar-refractivity contribution in [1.29, 1.82) is 0 Å². The van der Waals surface area contributed by atoms with Gasteiger partial charge in [0.05, 0.1) is 26.5 Å². The first-order chi connectivity index (χ1) is 11.8. The van der Waals surface area contributed by atoms with Crippen molar-refractivity contribution in [3.8, 4) is 5.75 Å². The van der Waals surface area contributed by atoms with Crippen molar-refractivity contribution in [2.24, 2.45) is 0 Å². The summed E-state index contributed by atoms with van der Waals surface area (Å²) in [4.78, 5) is 16.0. The lowest BCUT2D eigenvalue weighted by atomic mass is 10.1. The van der Waals surface area contributed by atoms with Gasteiger partial charge in [-0.3, -0.25) is 4.79 Å². The SMILES string of the molecule is CC(C)(C)NCCOc1ccc2c(=O)c3c(Cl)c(Cl)ccc3[nH]c2c1. The molecule has 0 atom stereocenters. The van der Waals surface area contributed by atoms with Gasteiger partial charge in [-0.25, -0.2) is 0 Å². The van der Waals surface area contributed by atoms with E-state index in [1.54, 1.807) is 24.3 Å². The van der Waals surface area contributed by atoms with E-state index in [4.69, 9.17) is 27.9 Å². The molecule has 0 fully saturated rings. The number of hydrogen-bond acceptors (Lipinski definition) is 3. The second-order valence-corrected chi connectivity index (χ2v) is 7.76. The first-order valence-electron chi connectivity index (χ1n) is 8.08. The van der Waals surface area contributed by atoms with Gasteiger partial charge in [-0.15, -0.1) is 0 Å². The van der Waals surface area contributed by atoms with Crippen molar-refractivity contribution in [1.82, 2.24) is 10.3 Å². The highest BCUT2D eigenvalue weighted by Gasteiger charge is 2.12. The number of ether oxygens (including phenoxy) is 1. The molecule has 1 heterocycles. The van der Waals surface area contributed by atoms with Crippen molar-refractivity contribution in [2.75, 3.05) is 13.2 Å². The van der Waals surface area contributed by atoms with E-state index in [1.165, 1.54) is 0 Å². The summed E-state index contributed by atoms with van der Waals surface area (Å²) in [6.07, 6.45) is 0. The van der Waals surface area contributed by atoms with Crippen LogP contribution >= 0.6 is 23.2 Å². The normalized spacial score (nSPS) is 12.0. The minimum Gasteiger partial charge on any atom is -0.492 e. The number of pyridine rings is 1. The van der Waals surface area contributed by atoms with Gasteiger partial charge >= 0.3 is 0 Å². The second kappa shape index (κ2) is 6.87. The molecule has 6 heteroatoms. The lowest BCUT2D eigenvalue weighted by Crippen LogP contribution is -2.38. The van der Waals surface area contributed by atoms with Gasteiger partial charge in [-0.1, -0.05) is 23.2 Å². The molecule has 4 nitrogen and oxygen atoms in total. The van der Waals surface area contributed by atoms with Crippen LogP contribution in [0.1, 0.15) is 20.8 Å². The van der Waals surface area contributed by atoms with Crippen LogP contribution in [0.25, 0.3) is 21.8 Å². The molecular formula is C19H20Cl2N2O2. The predicted octanol–water partition coefficient (Wildman–Crippen LogP) is 4.76. The van der Waals surface area contributed by atoms with E-state index >= 15 is 0 Å². The van der Waals surface area contributed by atoms with Crippen LogP contribution in [-0.2, 0) is 0 Å². The molecular weight excluding hydrogens is 359 g/mol. The molecule has 1 aromatic heterocycles. The Morgan fingerprint density at radius 1 is 1.12 bits per heavy atom. The first-order valence-corrected chi connectivity index (χ1v) is 8.83. The molecule has 25 heavy (non-hydrogen) atoms. The van der Waals surface area contributed by atoms with Gasteiger partial charge in [0.2, 0.25) is 0 Å². The Morgan fingerprint density at radius 2 is 1.88 bits per heavy atom. The van der Waals surface area contributed by atoms with Crippen molar-refractivity contribution >= 4 is 45.0 Å². The maximum atomic E-state index is 12.7. The monoisotopic (exact) mass is 378 g/mol. The topological polar surface area (TPSA) is 54.1 Å². The van der Waals surface area contributed by atoms with Gasteiger partial charge in [-0.2, -0.15) is 0 Å². The van der Waals surface area contributed by atoms with Crippen LogP contribution in [0, 0.1) is 0 Å². The summed E-state index contributed by atoms with van der Waals surface area (Å²) >= 11 is 12.2. The number of fused-ring (bicyclic) bond motifs is 2. The number of halogens is 2. The molecule has 0 aliphatic rings. The number of H-pyrrole nitrogens is 1. The number of rotatable bonds is 4. The van der Waals surface area contributed by atoms with Crippen LogP contribution in [0.5, 0.6) is 5.75 Å². The van der Waals surface area contributed by atoms with Crippen LogP contribution in [-0.4, -0.2) is 23.7 Å². The molecule has 0 aliphatic carbocycles. The molecule has 132 valence electrons. The predicted molar refractivity (Wildman–Crippen MR) is 105 cm³/mol. The molecule has 0 bridgehead atoms. The summed E-state index contributed by atoms with van der Waals surface area (Å²) in [6.45, 7) is 7.61. The second-order valence-electron chi connectivity index (χ2n) is 6.97. The van der Waals surface area contributed by atoms with E-state index in [1.807, 2.05) is 6.07 Å². The van der Waals surface area contributed by atoms with Gasteiger partial charge in [0.15, 0.2) is 5.43 Å². The van der Waals surface area contributed by atoms with E-state index in [9.17, 15) is 4.79 Å². The largest absolute Gasteiger partial charge is 0.492 e. The van der Waals surface area contributed by atoms with E-state index in [0.29, 0.717) is 39.2 Å². The summed E-state index contributed by atoms with van der Waals surface area (Å²) < 4.78 is 5.77. The molecule has 2 aromatic carbocycles. The highest BCUT2D eigenvalue weighted by Crippen LogP contribution is 2.29. The van der Waals surface area contributed by atoms with Gasteiger partial charge in [0, 0.05) is 23.5 Å². The van der Waals surface area contributed by atoms with Crippen LogP contribution < -0.4 is 15.5 Å². The van der Waals surface area contributed by atoms with Crippen molar-refractivity contribution in [3.63, 3.8) is 0 Å². The van der Waals surface area contributed by atoms with Gasteiger partial charge < -0.3 is 15.0 Å². The zero-order chi connectivity index (χ0) is 18.2. The Balaban J connectivity index is 1.92. The number of aromatic amines is 1. The van der Waals surface area contributed by atoms with E-state index in [0.717, 1.165) is 6.54 Å². The third kappa shape index (κ3) is 3.92. The Hall–Kier alpha value is -1.75. The fraction of sp³-hybridized carbons (Fsp3) is 0.316. The van der Waals surface area contributed by atoms with E-state index in [-0.39, 0.29) is 16.0 Å². The Kier molecular flexibility index (Phi) is 4.96. The number of nitrogens with one attached hydrogen (secondary N) is 2. The zero-order valence-corrected chi connectivity index (χ0v) is 15.9. The van der Waals surface area contributed by atoms with Crippen molar-refractivity contribution in [2.45, 2.75) is 26.3 Å². The maximum absolute atomic E-state index is 12.7. The van der Waals surface area contributed by atoms with Crippen LogP contribution in [0.15, 0.2) is 35.1 Å². The Morgan fingerprint density at radius 3 is 2.60 bits per heavy atom. The van der Waals surface area contributed by atoms with E-state index in [2.05, 4.69) is 31.1 Å². The third-order valence-electron chi connectivity index (χ3n) is 3.85. The Labute approximate surface area is 156 Å². The summed E-state index contributed by atoms with van der Waals surface area (Å²) in [5, 5.41) is 4.96. The molecule has 0 radical (unpaired) electrons. The summed E-state index contributed by atoms with van der Waals surface area (Å²) in [5.74, 6) is 0.707. The lowest BCUT2D eigenvalue weighted by molar-refractivity contribution is 0.291. The summed E-state index contributed by atoms with van der Waals surface area (Å²) in [5.41, 5.74) is 1.27. The van der Waals surface area contributed by atoms with Crippen LogP contribution in [0.2, 0.25) is 10.0 Å². The fourth-order valence-corrected chi connectivity index (χ4v) is 3.07. The van der Waals surface area contributed by atoms with Gasteiger partial charge in [0.1, 0.15) is 12.4 Å². The minimum atomic E-state index is -0.141. The molecule has 0 amide bonds. The molecule has 3 aromatic rings. The average molecular weight is 379 g/mol. The molecule has 0 unspecified atom stereocenters. The van der Waals surface area contributed by atoms with Crippen molar-refractivity contribution < 1.29 is 4.74 Å². The maximum Gasteiger partial charge on any atom is 0.198 e. The smallest absolute Gasteiger partial charge is 0.198 e. The lowest BCUT2D eigenvalue weighted by Gasteiger charge is -2.20. The molecule has 0 aliphatic heterocycles. The average Bonchev–Trinajstić information content (AvgIpc) is 2.54. The zero-order valence-electron chi connectivity index (χ0n) is 14.4. The standard InChI is InChI=1S/C19H20Cl2N2O2/c1-19(2,3)22-8-9-25-11-4-5-12-15(10-11)23-14-7-6-13(20)17(21)16(14)18(12)24/h4-7,10,22H,8-9H2,1-3H3,(H,23,24). The molecule has 0 saturated heterocycles. The highest BCUT2D eigenvalue weighted by atomic mass is 35.5. The van der Waals surface area contributed by atoms with Gasteiger partial charge in [0.25, 0.3) is 0 Å². The third-order valence-corrected chi connectivity index (χ3v) is 4.66. The molecule has 3 rings (SSSR count). The molecule has 0 spiro atoms. The number of hydrogen-bond donors (Lipinski definition) is 2. The van der Waals surface area contributed by atoms with E-state index < -0.39 is 0 Å². The quantitative estimate of drug-likeness (QED) is 0.508. The molecule has 2 N–H and O–H groups in total. The first kappa shape index (κ1) is 18.1. The summed E-state index contributed by atoms with van der Waals surface area (Å²) in [7, 11) is 0. The fourth-order valence-electron chi connectivity index (χ4n) is 2.67. The Bertz CT molecular complexity index is 991. The van der Waals surface area contributed by atoms with Crippen LogP contribution in [0.4, 0.5) is 0 Å². The highest BCUT2D eigenvalue weighted by molar-refractivity contribution is 6.45. The number of benzene rings is 2. The van der Waals surface area contributed by atoms with Crippen molar-refractivity contribution in [3.05, 3.63) is 50.6 Å². The van der Waals surface area contributed by atoms with Crippen LogP contribution in [0.3, 0.4) is 0 Å². The number of aromatic nitrogens is 1.